The number of phenolic OH excluding ortho intramolecular Hbond substituents is 1. The Labute approximate surface area is 182 Å². The number of hydrogen-bond acceptors (Lipinski definition) is 5. The van der Waals surface area contributed by atoms with Crippen LogP contribution in [-0.4, -0.2) is 39.9 Å². The van der Waals surface area contributed by atoms with Gasteiger partial charge in [0.2, 0.25) is 0 Å². The number of alkyl halides is 1. The molecule has 0 bridgehead atoms. The van der Waals surface area contributed by atoms with Crippen LogP contribution in [0, 0.1) is 5.92 Å². The van der Waals surface area contributed by atoms with Crippen molar-refractivity contribution in [3.05, 3.63) is 53.1 Å². The number of benzene rings is 1. The summed E-state index contributed by atoms with van der Waals surface area (Å²) in [5.74, 6) is 1.11. The fourth-order valence-corrected chi connectivity index (χ4v) is 5.53. The topological polar surface area (TPSA) is 85.0 Å². The molecule has 6 nitrogen and oxygen atoms in total. The number of phenols is 1. The van der Waals surface area contributed by atoms with E-state index in [1.807, 2.05) is 12.3 Å². The second-order valence-corrected chi connectivity index (χ2v) is 9.25. The molecule has 1 aliphatic carbocycles. The number of nitrogens with zero attached hydrogens (tertiary/aromatic N) is 1. The molecule has 1 saturated carbocycles. The van der Waals surface area contributed by atoms with Gasteiger partial charge in [-0.05, 0) is 61.4 Å². The average Bonchev–Trinajstić information content (AvgIpc) is 3.42. The first kappa shape index (κ1) is 20.7. The molecule has 1 aromatic carbocycles. The summed E-state index contributed by atoms with van der Waals surface area (Å²) in [5, 5.41) is 13.3. The number of fused-ring (bicyclic) bond motifs is 1. The lowest BCUT2D eigenvalue weighted by Gasteiger charge is -2.36. The van der Waals surface area contributed by atoms with Crippen LogP contribution in [0.5, 0.6) is 5.75 Å². The summed E-state index contributed by atoms with van der Waals surface area (Å²) in [6.07, 6.45) is 6.69. The molecule has 6 atom stereocenters. The van der Waals surface area contributed by atoms with E-state index < -0.39 is 6.17 Å². The van der Waals surface area contributed by atoms with Crippen molar-refractivity contribution in [1.82, 2.24) is 26.1 Å². The molecule has 0 spiro atoms. The van der Waals surface area contributed by atoms with E-state index in [1.165, 1.54) is 5.57 Å². The molecule has 3 heterocycles. The lowest BCUT2D eigenvalue weighted by Crippen LogP contribution is -2.45. The molecule has 1 aromatic heterocycles. The van der Waals surface area contributed by atoms with Gasteiger partial charge in [-0.2, -0.15) is 0 Å². The maximum atomic E-state index is 15.7. The zero-order valence-corrected chi connectivity index (χ0v) is 18.2. The number of aromatic hydroxyl groups is 1. The highest BCUT2D eigenvalue weighted by Gasteiger charge is 2.48. The Hall–Kier alpha value is -2.22. The van der Waals surface area contributed by atoms with Crippen molar-refractivity contribution in [2.45, 2.75) is 69.7 Å². The summed E-state index contributed by atoms with van der Waals surface area (Å²) >= 11 is 0. The molecule has 5 rings (SSSR count). The van der Waals surface area contributed by atoms with Crippen LogP contribution >= 0.6 is 0 Å². The predicted octanol–water partition coefficient (Wildman–Crippen LogP) is 3.49. The molecular formula is C24H32FN5O. The van der Waals surface area contributed by atoms with Crippen LogP contribution < -0.4 is 16.2 Å². The van der Waals surface area contributed by atoms with Crippen molar-refractivity contribution in [2.75, 3.05) is 6.54 Å². The first-order valence-corrected chi connectivity index (χ1v) is 11.5. The SMILES string of the molecule is CCc1cc(O)ccc1C1CCC2C(c3ncc(C4=CC[C@@H](C)NC4)[nH]3)NNC2C1F. The van der Waals surface area contributed by atoms with Crippen molar-refractivity contribution < 1.29 is 9.50 Å². The van der Waals surface area contributed by atoms with E-state index in [1.54, 1.807) is 12.1 Å². The molecule has 1 saturated heterocycles. The van der Waals surface area contributed by atoms with Crippen molar-refractivity contribution in [3.63, 3.8) is 0 Å². The Morgan fingerprint density at radius 3 is 2.87 bits per heavy atom. The van der Waals surface area contributed by atoms with Crippen molar-refractivity contribution in [1.29, 1.82) is 0 Å². The second kappa shape index (κ2) is 8.37. The molecule has 2 aliphatic heterocycles. The van der Waals surface area contributed by atoms with Gasteiger partial charge in [0.05, 0.1) is 24.0 Å². The highest BCUT2D eigenvalue weighted by Crippen LogP contribution is 2.45. The third kappa shape index (κ3) is 3.79. The van der Waals surface area contributed by atoms with E-state index in [4.69, 9.17) is 0 Å². The smallest absolute Gasteiger partial charge is 0.125 e. The molecule has 3 aliphatic rings. The van der Waals surface area contributed by atoms with Gasteiger partial charge in [0.25, 0.3) is 0 Å². The maximum Gasteiger partial charge on any atom is 0.125 e. The summed E-state index contributed by atoms with van der Waals surface area (Å²) in [6.45, 7) is 5.08. The number of rotatable bonds is 4. The highest BCUT2D eigenvalue weighted by molar-refractivity contribution is 5.64. The summed E-state index contributed by atoms with van der Waals surface area (Å²) in [4.78, 5) is 8.13. The summed E-state index contributed by atoms with van der Waals surface area (Å²) in [6, 6.07) is 5.57. The van der Waals surface area contributed by atoms with E-state index in [9.17, 15) is 5.11 Å². The summed E-state index contributed by atoms with van der Waals surface area (Å²) in [7, 11) is 0. The minimum atomic E-state index is -0.993. The van der Waals surface area contributed by atoms with Crippen LogP contribution in [-0.2, 0) is 6.42 Å². The minimum absolute atomic E-state index is 0.0283. The normalized spacial score (nSPS) is 33.2. The molecule has 0 radical (unpaired) electrons. The fraction of sp³-hybridized carbons (Fsp3) is 0.542. The number of nitrogens with one attached hydrogen (secondary N) is 4. The summed E-state index contributed by atoms with van der Waals surface area (Å²) < 4.78 is 15.7. The molecule has 0 amide bonds. The standard InChI is InChI=1S/C24H32FN5O/c1-3-14-10-16(31)6-7-17(14)18-8-9-19-22(21(18)25)29-30-23(19)24-27-12-20(28-24)15-5-4-13(2)26-11-15/h5-7,10,12-13,18-19,21-23,26,29-31H,3-4,8-9,11H2,1-2H3,(H,27,28)/t13-,18?,19?,21?,22?,23?/m1/s1. The van der Waals surface area contributed by atoms with E-state index in [-0.39, 0.29) is 29.7 Å². The van der Waals surface area contributed by atoms with Crippen molar-refractivity contribution in [2.24, 2.45) is 5.92 Å². The van der Waals surface area contributed by atoms with Crippen molar-refractivity contribution in [3.8, 4) is 5.75 Å². The summed E-state index contributed by atoms with van der Waals surface area (Å²) in [5.41, 5.74) is 10.9. The number of H-pyrrole nitrogens is 1. The number of halogens is 1. The molecule has 2 fully saturated rings. The average molecular weight is 426 g/mol. The van der Waals surface area contributed by atoms with Gasteiger partial charge >= 0.3 is 0 Å². The number of hydrogen-bond donors (Lipinski definition) is 5. The zero-order chi connectivity index (χ0) is 21.5. The van der Waals surface area contributed by atoms with Crippen LogP contribution in [0.4, 0.5) is 4.39 Å². The van der Waals surface area contributed by atoms with Gasteiger partial charge in [-0.1, -0.05) is 19.1 Å². The van der Waals surface area contributed by atoms with Gasteiger partial charge in [0.1, 0.15) is 17.7 Å². The van der Waals surface area contributed by atoms with Crippen LogP contribution in [0.3, 0.4) is 0 Å². The number of aromatic nitrogens is 2. The largest absolute Gasteiger partial charge is 0.508 e. The predicted molar refractivity (Wildman–Crippen MR) is 119 cm³/mol. The molecule has 7 heteroatoms. The Kier molecular flexibility index (Phi) is 5.58. The second-order valence-electron chi connectivity index (χ2n) is 9.25. The van der Waals surface area contributed by atoms with E-state index >= 15 is 4.39 Å². The third-order valence-electron chi connectivity index (χ3n) is 7.34. The number of imidazole rings is 1. The molecular weight excluding hydrogens is 393 g/mol. The zero-order valence-electron chi connectivity index (χ0n) is 18.2. The molecule has 5 unspecified atom stereocenters. The molecule has 2 aromatic rings. The van der Waals surface area contributed by atoms with Gasteiger partial charge in [0, 0.05) is 24.4 Å². The minimum Gasteiger partial charge on any atom is -0.508 e. The van der Waals surface area contributed by atoms with Gasteiger partial charge in [-0.3, -0.25) is 5.43 Å². The maximum absolute atomic E-state index is 15.7. The third-order valence-corrected chi connectivity index (χ3v) is 7.34. The lowest BCUT2D eigenvalue weighted by atomic mass is 9.71. The Morgan fingerprint density at radius 1 is 1.23 bits per heavy atom. The van der Waals surface area contributed by atoms with Crippen LogP contribution in [0.1, 0.15) is 67.7 Å². The Balaban J connectivity index is 1.33. The highest BCUT2D eigenvalue weighted by atomic mass is 19.1. The van der Waals surface area contributed by atoms with Gasteiger partial charge in [-0.15, -0.1) is 0 Å². The number of aromatic amines is 1. The first-order chi connectivity index (χ1) is 15.0. The van der Waals surface area contributed by atoms with Gasteiger partial charge in [-0.25, -0.2) is 14.8 Å². The number of hydrazine groups is 1. The molecule has 5 N–H and O–H groups in total. The quantitative estimate of drug-likeness (QED) is 0.518. The van der Waals surface area contributed by atoms with Gasteiger partial charge in [0.15, 0.2) is 0 Å². The van der Waals surface area contributed by atoms with Crippen molar-refractivity contribution >= 4 is 5.57 Å². The van der Waals surface area contributed by atoms with Gasteiger partial charge < -0.3 is 15.4 Å². The van der Waals surface area contributed by atoms with E-state index in [2.05, 4.69) is 46.1 Å². The van der Waals surface area contributed by atoms with Crippen LogP contribution in [0.2, 0.25) is 0 Å². The van der Waals surface area contributed by atoms with Crippen LogP contribution in [0.25, 0.3) is 5.57 Å². The first-order valence-electron chi connectivity index (χ1n) is 11.5. The van der Waals surface area contributed by atoms with E-state index in [0.717, 1.165) is 54.9 Å². The van der Waals surface area contributed by atoms with E-state index in [0.29, 0.717) is 6.04 Å². The molecule has 166 valence electrons. The lowest BCUT2D eigenvalue weighted by molar-refractivity contribution is 0.135. The van der Waals surface area contributed by atoms with Crippen LogP contribution in [0.15, 0.2) is 30.5 Å². The monoisotopic (exact) mass is 425 g/mol. The number of aryl methyl sites for hydroxylation is 1. The Bertz CT molecular complexity index is 973. The fourth-order valence-electron chi connectivity index (χ4n) is 5.53. The molecule has 31 heavy (non-hydrogen) atoms. The Morgan fingerprint density at radius 2 is 2.10 bits per heavy atom.